The van der Waals surface area contributed by atoms with Gasteiger partial charge in [0.15, 0.2) is 0 Å². The summed E-state index contributed by atoms with van der Waals surface area (Å²) in [7, 11) is 2.09. The largest absolute Gasteiger partial charge is 0.348 e. The maximum absolute atomic E-state index is 12.4. The molecule has 132 valence electrons. The van der Waals surface area contributed by atoms with Gasteiger partial charge in [-0.1, -0.05) is 32.4 Å². The van der Waals surface area contributed by atoms with Gasteiger partial charge in [0.2, 0.25) is 5.91 Å². The van der Waals surface area contributed by atoms with Gasteiger partial charge in [-0.2, -0.15) is 0 Å². The highest BCUT2D eigenvalue weighted by Gasteiger charge is 2.23. The highest BCUT2D eigenvalue weighted by atomic mass is 32.1. The average Bonchev–Trinajstić information content (AvgIpc) is 2.86. The molecule has 0 saturated heterocycles. The van der Waals surface area contributed by atoms with Crippen LogP contribution in [0.5, 0.6) is 0 Å². The third-order valence-electron chi connectivity index (χ3n) is 4.02. The molecule has 0 radical (unpaired) electrons. The molecule has 0 aliphatic carbocycles. The zero-order valence-electron chi connectivity index (χ0n) is 15.2. The molecule has 0 bridgehead atoms. The molecule has 24 heavy (non-hydrogen) atoms. The van der Waals surface area contributed by atoms with E-state index in [0.717, 1.165) is 30.1 Å². The number of nitrogens with zero attached hydrogens (tertiary/aromatic N) is 1. The Morgan fingerprint density at radius 2 is 2.04 bits per heavy atom. The summed E-state index contributed by atoms with van der Waals surface area (Å²) < 4.78 is 0. The number of carbonyl (C=O) groups is 2. The Labute approximate surface area is 148 Å². The van der Waals surface area contributed by atoms with E-state index in [9.17, 15) is 9.59 Å². The molecule has 0 spiro atoms. The first-order valence-corrected chi connectivity index (χ1v) is 9.05. The van der Waals surface area contributed by atoms with Gasteiger partial charge in [-0.25, -0.2) is 0 Å². The standard InChI is InChI=1S/C18H27N3O2S/c1-12-10-14(20-17(23)18(2,3)4)24-15(12)16(22)19-11-13-6-8-21(5)9-7-13/h6,10H,7-9,11H2,1-5H3,(H,19,22)(H,20,23). The lowest BCUT2D eigenvalue weighted by molar-refractivity contribution is -0.123. The van der Waals surface area contributed by atoms with Crippen LogP contribution in [0.15, 0.2) is 17.7 Å². The minimum atomic E-state index is -0.457. The van der Waals surface area contributed by atoms with E-state index in [1.54, 1.807) is 0 Å². The number of anilines is 1. The Morgan fingerprint density at radius 1 is 1.33 bits per heavy atom. The van der Waals surface area contributed by atoms with Crippen LogP contribution in [0.3, 0.4) is 0 Å². The van der Waals surface area contributed by atoms with E-state index in [-0.39, 0.29) is 11.8 Å². The highest BCUT2D eigenvalue weighted by Crippen LogP contribution is 2.28. The van der Waals surface area contributed by atoms with Crippen LogP contribution in [0.2, 0.25) is 0 Å². The predicted octanol–water partition coefficient (Wildman–Crippen LogP) is 3.03. The number of hydrogen-bond acceptors (Lipinski definition) is 4. The van der Waals surface area contributed by atoms with Crippen LogP contribution in [0.4, 0.5) is 5.00 Å². The molecule has 0 aromatic carbocycles. The smallest absolute Gasteiger partial charge is 0.261 e. The summed E-state index contributed by atoms with van der Waals surface area (Å²) in [5.41, 5.74) is 1.71. The summed E-state index contributed by atoms with van der Waals surface area (Å²) in [6.45, 7) is 10.1. The van der Waals surface area contributed by atoms with Crippen molar-refractivity contribution >= 4 is 28.2 Å². The average molecular weight is 350 g/mol. The lowest BCUT2D eigenvalue weighted by atomic mass is 9.96. The fraction of sp³-hybridized carbons (Fsp3) is 0.556. The van der Waals surface area contributed by atoms with Crippen molar-refractivity contribution in [3.8, 4) is 0 Å². The number of hydrogen-bond donors (Lipinski definition) is 2. The molecule has 2 heterocycles. The van der Waals surface area contributed by atoms with E-state index in [2.05, 4.69) is 28.7 Å². The van der Waals surface area contributed by atoms with Crippen LogP contribution in [0.1, 0.15) is 42.4 Å². The zero-order valence-corrected chi connectivity index (χ0v) is 16.0. The Kier molecular flexibility index (Phi) is 5.83. The van der Waals surface area contributed by atoms with Crippen molar-refractivity contribution in [2.24, 2.45) is 5.41 Å². The molecule has 2 rings (SSSR count). The molecule has 6 heteroatoms. The Morgan fingerprint density at radius 3 is 2.62 bits per heavy atom. The van der Waals surface area contributed by atoms with Gasteiger partial charge in [0.05, 0.1) is 9.88 Å². The SMILES string of the molecule is Cc1cc(NC(=O)C(C)(C)C)sc1C(=O)NCC1=CCN(C)CC1. The number of nitrogens with one attached hydrogen (secondary N) is 2. The summed E-state index contributed by atoms with van der Waals surface area (Å²) in [4.78, 5) is 27.4. The fourth-order valence-electron chi connectivity index (χ4n) is 2.32. The van der Waals surface area contributed by atoms with Crippen LogP contribution < -0.4 is 10.6 Å². The lowest BCUT2D eigenvalue weighted by Crippen LogP contribution is -2.30. The first kappa shape index (κ1) is 18.7. The molecule has 0 unspecified atom stereocenters. The second kappa shape index (κ2) is 7.49. The topological polar surface area (TPSA) is 61.4 Å². The van der Waals surface area contributed by atoms with Gasteiger partial charge >= 0.3 is 0 Å². The third-order valence-corrected chi connectivity index (χ3v) is 5.18. The maximum Gasteiger partial charge on any atom is 0.261 e. The normalized spacial score (nSPS) is 15.8. The van der Waals surface area contributed by atoms with E-state index in [0.29, 0.717) is 11.4 Å². The van der Waals surface area contributed by atoms with Gasteiger partial charge in [0.25, 0.3) is 5.91 Å². The van der Waals surface area contributed by atoms with E-state index in [4.69, 9.17) is 0 Å². The van der Waals surface area contributed by atoms with Gasteiger partial charge in [0.1, 0.15) is 0 Å². The third kappa shape index (κ3) is 4.92. The van der Waals surface area contributed by atoms with Crippen LogP contribution in [0.25, 0.3) is 0 Å². The molecule has 0 saturated carbocycles. The summed E-state index contributed by atoms with van der Waals surface area (Å²) in [5, 5.41) is 6.60. The molecule has 2 amide bonds. The predicted molar refractivity (Wildman–Crippen MR) is 99.7 cm³/mol. The monoisotopic (exact) mass is 349 g/mol. The van der Waals surface area contributed by atoms with Crippen LogP contribution >= 0.6 is 11.3 Å². The van der Waals surface area contributed by atoms with Gasteiger partial charge in [-0.15, -0.1) is 11.3 Å². The van der Waals surface area contributed by atoms with E-state index < -0.39 is 5.41 Å². The summed E-state index contributed by atoms with van der Waals surface area (Å²) in [6.07, 6.45) is 3.17. The van der Waals surface area contributed by atoms with E-state index in [1.807, 2.05) is 33.8 Å². The number of thiophene rings is 1. The van der Waals surface area contributed by atoms with Crippen molar-refractivity contribution in [1.29, 1.82) is 0 Å². The summed E-state index contributed by atoms with van der Waals surface area (Å²) >= 11 is 1.33. The number of amides is 2. The molecule has 1 aromatic heterocycles. The van der Waals surface area contributed by atoms with Crippen LogP contribution in [-0.4, -0.2) is 43.4 Å². The van der Waals surface area contributed by atoms with Crippen molar-refractivity contribution < 1.29 is 9.59 Å². The lowest BCUT2D eigenvalue weighted by Gasteiger charge is -2.22. The molecule has 2 N–H and O–H groups in total. The molecule has 1 aliphatic rings. The molecular formula is C18H27N3O2S. The van der Waals surface area contributed by atoms with Gasteiger partial charge in [-0.05, 0) is 32.0 Å². The Hall–Kier alpha value is -1.66. The molecule has 1 aromatic rings. The first-order valence-electron chi connectivity index (χ1n) is 8.23. The number of likely N-dealkylation sites (N-methyl/N-ethyl adjacent to an activating group) is 1. The van der Waals surface area contributed by atoms with Gasteiger partial charge in [-0.3, -0.25) is 9.59 Å². The first-order chi connectivity index (χ1) is 11.2. The zero-order chi connectivity index (χ0) is 17.9. The number of carbonyl (C=O) groups excluding carboxylic acids is 2. The molecule has 0 atom stereocenters. The van der Waals surface area contributed by atoms with Crippen LogP contribution in [-0.2, 0) is 4.79 Å². The molecule has 5 nitrogen and oxygen atoms in total. The second-order valence-electron chi connectivity index (χ2n) is 7.38. The van der Waals surface area contributed by atoms with Crippen molar-refractivity contribution in [2.45, 2.75) is 34.1 Å². The Bertz CT molecular complexity index is 656. The molecular weight excluding hydrogens is 322 g/mol. The van der Waals surface area contributed by atoms with E-state index in [1.165, 1.54) is 16.9 Å². The molecule has 1 aliphatic heterocycles. The van der Waals surface area contributed by atoms with Crippen molar-refractivity contribution in [3.63, 3.8) is 0 Å². The fourth-order valence-corrected chi connectivity index (χ4v) is 3.30. The number of aryl methyl sites for hydroxylation is 1. The van der Waals surface area contributed by atoms with Crippen molar-refractivity contribution in [1.82, 2.24) is 10.2 Å². The summed E-state index contributed by atoms with van der Waals surface area (Å²) in [6, 6.07) is 1.86. The van der Waals surface area contributed by atoms with Crippen molar-refractivity contribution in [2.75, 3.05) is 32.0 Å². The second-order valence-corrected chi connectivity index (χ2v) is 8.44. The van der Waals surface area contributed by atoms with Crippen LogP contribution in [0, 0.1) is 12.3 Å². The maximum atomic E-state index is 12.4. The minimum absolute atomic E-state index is 0.0489. The Balaban J connectivity index is 1.96. The quantitative estimate of drug-likeness (QED) is 0.822. The highest BCUT2D eigenvalue weighted by molar-refractivity contribution is 7.18. The molecule has 0 fully saturated rings. The van der Waals surface area contributed by atoms with Gasteiger partial charge in [0, 0.05) is 25.0 Å². The number of rotatable bonds is 4. The summed E-state index contributed by atoms with van der Waals surface area (Å²) in [5.74, 6) is -0.124. The van der Waals surface area contributed by atoms with E-state index >= 15 is 0 Å². The van der Waals surface area contributed by atoms with Gasteiger partial charge < -0.3 is 15.5 Å². The minimum Gasteiger partial charge on any atom is -0.348 e. The van der Waals surface area contributed by atoms with Crippen molar-refractivity contribution in [3.05, 3.63) is 28.2 Å².